The number of pyridine rings is 1. The van der Waals surface area contributed by atoms with Gasteiger partial charge in [0.1, 0.15) is 0 Å². The van der Waals surface area contributed by atoms with Crippen LogP contribution in [0.2, 0.25) is 5.02 Å². The Morgan fingerprint density at radius 3 is 2.54 bits per heavy atom. The topological polar surface area (TPSA) is 65.0 Å². The summed E-state index contributed by atoms with van der Waals surface area (Å²) in [4.78, 5) is 4.31. The number of nitrogens with one attached hydrogen (secondary N) is 1. The minimum Gasteiger partial charge on any atom is -0.493 e. The molecule has 0 aliphatic heterocycles. The molecule has 1 heterocycles. The molecule has 0 aliphatic rings. The van der Waals surface area contributed by atoms with Crippen LogP contribution in [0.1, 0.15) is 5.56 Å². The van der Waals surface area contributed by atoms with Crippen LogP contribution in [-0.4, -0.2) is 32.5 Å². The van der Waals surface area contributed by atoms with Gasteiger partial charge in [-0.05, 0) is 36.4 Å². The SMILES string of the molecule is COc1ccc(/C=N/Nc2ccnc3cc(Cl)ccc23)c(OC)c1OC. The zero-order chi connectivity index (χ0) is 18.5. The summed E-state index contributed by atoms with van der Waals surface area (Å²) in [6.45, 7) is 0. The Labute approximate surface area is 156 Å². The highest BCUT2D eigenvalue weighted by Crippen LogP contribution is 2.39. The Bertz CT molecular complexity index is 960. The minimum atomic E-state index is 0.517. The van der Waals surface area contributed by atoms with Gasteiger partial charge in [0.15, 0.2) is 11.5 Å². The Morgan fingerprint density at radius 2 is 1.81 bits per heavy atom. The van der Waals surface area contributed by atoms with E-state index in [9.17, 15) is 0 Å². The van der Waals surface area contributed by atoms with E-state index < -0.39 is 0 Å². The molecule has 0 spiro atoms. The average molecular weight is 372 g/mol. The van der Waals surface area contributed by atoms with E-state index >= 15 is 0 Å². The van der Waals surface area contributed by atoms with Crippen LogP contribution in [0.3, 0.4) is 0 Å². The molecule has 0 radical (unpaired) electrons. The summed E-state index contributed by atoms with van der Waals surface area (Å²) in [5.74, 6) is 1.65. The van der Waals surface area contributed by atoms with Crippen LogP contribution in [0.15, 0.2) is 47.7 Å². The van der Waals surface area contributed by atoms with Crippen molar-refractivity contribution in [2.75, 3.05) is 26.8 Å². The quantitative estimate of drug-likeness (QED) is 0.515. The first kappa shape index (κ1) is 17.8. The van der Waals surface area contributed by atoms with Crippen LogP contribution in [-0.2, 0) is 0 Å². The summed E-state index contributed by atoms with van der Waals surface area (Å²) in [6, 6.07) is 11.0. The van der Waals surface area contributed by atoms with E-state index in [-0.39, 0.29) is 0 Å². The van der Waals surface area contributed by atoms with Crippen LogP contribution in [0.4, 0.5) is 5.69 Å². The molecule has 0 saturated heterocycles. The van der Waals surface area contributed by atoms with Crippen molar-refractivity contribution in [1.29, 1.82) is 0 Å². The second kappa shape index (κ2) is 7.93. The number of anilines is 1. The molecule has 0 amide bonds. The Balaban J connectivity index is 1.90. The van der Waals surface area contributed by atoms with Gasteiger partial charge in [-0.15, -0.1) is 0 Å². The zero-order valence-corrected chi connectivity index (χ0v) is 15.4. The maximum Gasteiger partial charge on any atom is 0.203 e. The van der Waals surface area contributed by atoms with Crippen molar-refractivity contribution in [3.8, 4) is 17.2 Å². The number of rotatable bonds is 6. The molecule has 0 saturated carbocycles. The van der Waals surface area contributed by atoms with Gasteiger partial charge in [0.05, 0.1) is 38.7 Å². The molecule has 134 valence electrons. The lowest BCUT2D eigenvalue weighted by atomic mass is 10.2. The lowest BCUT2D eigenvalue weighted by molar-refractivity contribution is 0.324. The van der Waals surface area contributed by atoms with Crippen LogP contribution in [0, 0.1) is 0 Å². The van der Waals surface area contributed by atoms with Gasteiger partial charge in [-0.3, -0.25) is 10.4 Å². The highest BCUT2D eigenvalue weighted by Gasteiger charge is 2.14. The first-order chi connectivity index (χ1) is 12.7. The van der Waals surface area contributed by atoms with Gasteiger partial charge in [-0.2, -0.15) is 5.10 Å². The molecular formula is C19H18ClN3O3. The summed E-state index contributed by atoms with van der Waals surface area (Å²) in [5, 5.41) is 5.88. The smallest absolute Gasteiger partial charge is 0.203 e. The van der Waals surface area contributed by atoms with Crippen molar-refractivity contribution in [2.45, 2.75) is 0 Å². The Morgan fingerprint density at radius 1 is 1.00 bits per heavy atom. The molecule has 2 aromatic carbocycles. The molecule has 6 nitrogen and oxygen atoms in total. The maximum atomic E-state index is 6.02. The van der Waals surface area contributed by atoms with E-state index in [2.05, 4.69) is 15.5 Å². The second-order valence-corrected chi connectivity index (χ2v) is 5.75. The monoisotopic (exact) mass is 371 g/mol. The maximum absolute atomic E-state index is 6.02. The minimum absolute atomic E-state index is 0.517. The lowest BCUT2D eigenvalue weighted by Crippen LogP contribution is -1.99. The number of methoxy groups -OCH3 is 3. The normalized spacial score (nSPS) is 10.9. The van der Waals surface area contributed by atoms with Gasteiger partial charge in [-0.25, -0.2) is 0 Å². The fourth-order valence-electron chi connectivity index (χ4n) is 2.62. The standard InChI is InChI=1S/C19H18ClN3O3/c1-24-17-7-4-12(18(25-2)19(17)26-3)11-22-23-15-8-9-21-16-10-13(20)5-6-14(15)16/h4-11H,1-3H3,(H,21,23)/b22-11+. The van der Waals surface area contributed by atoms with Gasteiger partial charge < -0.3 is 14.2 Å². The third-order valence-electron chi connectivity index (χ3n) is 3.83. The fourth-order valence-corrected chi connectivity index (χ4v) is 2.78. The number of halogens is 1. The van der Waals surface area contributed by atoms with Crippen molar-refractivity contribution in [1.82, 2.24) is 4.98 Å². The van der Waals surface area contributed by atoms with Gasteiger partial charge >= 0.3 is 0 Å². The highest BCUT2D eigenvalue weighted by molar-refractivity contribution is 6.31. The molecule has 0 bridgehead atoms. The first-order valence-electron chi connectivity index (χ1n) is 7.80. The molecule has 1 N–H and O–H groups in total. The van der Waals surface area contributed by atoms with Crippen molar-refractivity contribution in [3.05, 3.63) is 53.2 Å². The molecule has 3 rings (SSSR count). The Hall–Kier alpha value is -2.99. The van der Waals surface area contributed by atoms with Crippen LogP contribution in [0.5, 0.6) is 17.2 Å². The molecule has 1 aromatic heterocycles. The number of hydrogen-bond donors (Lipinski definition) is 1. The van der Waals surface area contributed by atoms with Crippen molar-refractivity contribution < 1.29 is 14.2 Å². The predicted octanol–water partition coefficient (Wildman–Crippen LogP) is 4.36. The fraction of sp³-hybridized carbons (Fsp3) is 0.158. The van der Waals surface area contributed by atoms with Gasteiger partial charge in [0, 0.05) is 22.2 Å². The van der Waals surface area contributed by atoms with Crippen LogP contribution in [0.25, 0.3) is 10.9 Å². The number of hydrazone groups is 1. The third kappa shape index (κ3) is 3.50. The summed E-state index contributed by atoms with van der Waals surface area (Å²) in [6.07, 6.45) is 3.36. The largest absolute Gasteiger partial charge is 0.493 e. The number of fused-ring (bicyclic) bond motifs is 1. The number of nitrogens with zero attached hydrogens (tertiary/aromatic N) is 2. The molecule has 26 heavy (non-hydrogen) atoms. The molecule has 3 aromatic rings. The van der Waals surface area contributed by atoms with E-state index in [0.29, 0.717) is 22.3 Å². The number of benzene rings is 2. The first-order valence-corrected chi connectivity index (χ1v) is 8.18. The van der Waals surface area contributed by atoms with E-state index in [1.807, 2.05) is 30.3 Å². The second-order valence-electron chi connectivity index (χ2n) is 5.31. The lowest BCUT2D eigenvalue weighted by Gasteiger charge is -2.13. The molecule has 0 aliphatic carbocycles. The van der Waals surface area contributed by atoms with Crippen molar-refractivity contribution >= 4 is 34.4 Å². The van der Waals surface area contributed by atoms with Crippen molar-refractivity contribution in [2.24, 2.45) is 5.10 Å². The summed E-state index contributed by atoms with van der Waals surface area (Å²) < 4.78 is 16.1. The number of aromatic nitrogens is 1. The number of ether oxygens (including phenoxy) is 3. The van der Waals surface area contributed by atoms with Gasteiger partial charge in [0.2, 0.25) is 5.75 Å². The Kier molecular flexibility index (Phi) is 5.43. The summed E-state index contributed by atoms with van der Waals surface area (Å²) in [5.41, 5.74) is 5.40. The molecule has 0 unspecified atom stereocenters. The highest BCUT2D eigenvalue weighted by atomic mass is 35.5. The summed E-state index contributed by atoms with van der Waals surface area (Å²) >= 11 is 6.02. The van der Waals surface area contributed by atoms with Gasteiger partial charge in [-0.1, -0.05) is 11.6 Å². The van der Waals surface area contributed by atoms with E-state index in [1.165, 1.54) is 0 Å². The van der Waals surface area contributed by atoms with Crippen LogP contribution >= 0.6 is 11.6 Å². The third-order valence-corrected chi connectivity index (χ3v) is 4.06. The van der Waals surface area contributed by atoms with Crippen LogP contribution < -0.4 is 19.6 Å². The zero-order valence-electron chi connectivity index (χ0n) is 14.6. The van der Waals surface area contributed by atoms with Crippen molar-refractivity contribution in [3.63, 3.8) is 0 Å². The molecular weight excluding hydrogens is 354 g/mol. The van der Waals surface area contributed by atoms with E-state index in [1.54, 1.807) is 39.8 Å². The summed E-state index contributed by atoms with van der Waals surface area (Å²) in [7, 11) is 4.71. The van der Waals surface area contributed by atoms with E-state index in [0.717, 1.165) is 22.2 Å². The molecule has 7 heteroatoms. The average Bonchev–Trinajstić information content (AvgIpc) is 2.67. The predicted molar refractivity (Wildman–Crippen MR) is 104 cm³/mol. The molecule has 0 atom stereocenters. The molecule has 0 fully saturated rings. The van der Waals surface area contributed by atoms with E-state index in [4.69, 9.17) is 25.8 Å². The van der Waals surface area contributed by atoms with Gasteiger partial charge in [0.25, 0.3) is 0 Å². The number of hydrogen-bond acceptors (Lipinski definition) is 6.